The molecule has 7 aromatic carbocycles. The highest BCUT2D eigenvalue weighted by molar-refractivity contribution is 6.22. The summed E-state index contributed by atoms with van der Waals surface area (Å²) in [5.41, 5.74) is 10.7. The van der Waals surface area contributed by atoms with Gasteiger partial charge >= 0.3 is 0 Å². The van der Waals surface area contributed by atoms with Crippen LogP contribution < -0.4 is 0 Å². The number of hydrogen-bond acceptors (Lipinski definition) is 2. The Morgan fingerprint density at radius 1 is 0.551 bits per heavy atom. The Morgan fingerprint density at radius 2 is 1.22 bits per heavy atom. The van der Waals surface area contributed by atoms with Crippen LogP contribution in [0.2, 0.25) is 0 Å². The monoisotopic (exact) mass is 627 g/mol. The van der Waals surface area contributed by atoms with Crippen LogP contribution in [0.1, 0.15) is 31.9 Å². The molecule has 0 N–H and O–H groups in total. The Kier molecular flexibility index (Phi) is 6.44. The molecular weight excluding hydrogens is 595 g/mol. The van der Waals surface area contributed by atoms with E-state index in [-0.39, 0.29) is 5.41 Å². The minimum absolute atomic E-state index is 0.0285. The zero-order valence-electron chi connectivity index (χ0n) is 27.7. The van der Waals surface area contributed by atoms with Crippen molar-refractivity contribution >= 4 is 54.3 Å². The molecule has 2 heterocycles. The maximum atomic E-state index is 9.87. The lowest BCUT2D eigenvalue weighted by Gasteiger charge is -2.23. The number of fused-ring (bicyclic) bond motifs is 6. The molecule has 0 unspecified atom stereocenters. The Balaban J connectivity index is 1.40. The zero-order valence-corrected chi connectivity index (χ0v) is 27.7. The Labute approximate surface area is 285 Å². The molecule has 0 aliphatic carbocycles. The first-order valence-corrected chi connectivity index (χ1v) is 16.8. The summed E-state index contributed by atoms with van der Waals surface area (Å²) in [4.78, 5) is 5.21. The minimum Gasteiger partial charge on any atom is -0.309 e. The van der Waals surface area contributed by atoms with Crippen LogP contribution in [-0.4, -0.2) is 9.55 Å². The molecule has 2 aromatic heterocycles. The predicted octanol–water partition coefficient (Wildman–Crippen LogP) is 12.1. The molecule has 0 saturated carbocycles. The Bertz CT molecular complexity index is 2810. The van der Waals surface area contributed by atoms with Gasteiger partial charge in [-0.3, -0.25) is 0 Å². The van der Waals surface area contributed by atoms with Gasteiger partial charge in [0.25, 0.3) is 0 Å². The largest absolute Gasteiger partial charge is 0.309 e. The van der Waals surface area contributed by atoms with Gasteiger partial charge in [0.15, 0.2) is 0 Å². The molecule has 49 heavy (non-hydrogen) atoms. The van der Waals surface area contributed by atoms with Crippen LogP contribution in [0.5, 0.6) is 0 Å². The average molecular weight is 628 g/mol. The first kappa shape index (κ1) is 28.9. The molecule has 9 rings (SSSR count). The molecule has 232 valence electrons. The highest BCUT2D eigenvalue weighted by Crippen LogP contribution is 2.46. The smallest absolute Gasteiger partial charge is 0.0991 e. The summed E-state index contributed by atoms with van der Waals surface area (Å²) in [6.45, 7) is 6.83. The van der Waals surface area contributed by atoms with E-state index in [9.17, 15) is 5.26 Å². The highest BCUT2D eigenvalue weighted by Gasteiger charge is 2.22. The van der Waals surface area contributed by atoms with Gasteiger partial charge in [0.2, 0.25) is 0 Å². The second-order valence-corrected chi connectivity index (χ2v) is 13.9. The van der Waals surface area contributed by atoms with Gasteiger partial charge < -0.3 is 4.57 Å². The van der Waals surface area contributed by atoms with Crippen molar-refractivity contribution in [3.8, 4) is 34.1 Å². The average Bonchev–Trinajstić information content (AvgIpc) is 3.46. The Hall–Kier alpha value is -6.24. The number of para-hydroxylation sites is 2. The molecule has 0 atom stereocenters. The summed E-state index contributed by atoms with van der Waals surface area (Å²) in [6, 6.07) is 54.1. The van der Waals surface area contributed by atoms with E-state index >= 15 is 0 Å². The third kappa shape index (κ3) is 4.60. The fraction of sp³-hybridized carbons (Fsp3) is 0.0870. The normalized spacial score (nSPS) is 12.0. The fourth-order valence-corrected chi connectivity index (χ4v) is 7.54. The van der Waals surface area contributed by atoms with E-state index in [1.54, 1.807) is 0 Å². The molecule has 3 heteroatoms. The van der Waals surface area contributed by atoms with Crippen molar-refractivity contribution < 1.29 is 0 Å². The Morgan fingerprint density at radius 3 is 2.00 bits per heavy atom. The van der Waals surface area contributed by atoms with E-state index in [1.165, 1.54) is 32.7 Å². The van der Waals surface area contributed by atoms with Gasteiger partial charge in [0.1, 0.15) is 0 Å². The van der Waals surface area contributed by atoms with Gasteiger partial charge in [0, 0.05) is 27.4 Å². The van der Waals surface area contributed by atoms with Gasteiger partial charge in [-0.05, 0) is 104 Å². The van der Waals surface area contributed by atoms with Crippen LogP contribution >= 0.6 is 0 Å². The topological polar surface area (TPSA) is 41.6 Å². The highest BCUT2D eigenvalue weighted by atomic mass is 15.0. The molecular formula is C46H33N3. The second kappa shape index (κ2) is 10.9. The molecule has 0 fully saturated rings. The second-order valence-electron chi connectivity index (χ2n) is 13.9. The van der Waals surface area contributed by atoms with Crippen LogP contribution in [-0.2, 0) is 5.41 Å². The fourth-order valence-electron chi connectivity index (χ4n) is 7.54. The lowest BCUT2D eigenvalue weighted by molar-refractivity contribution is 0.591. The van der Waals surface area contributed by atoms with Gasteiger partial charge in [0.05, 0.1) is 33.9 Å². The molecule has 0 amide bonds. The van der Waals surface area contributed by atoms with Gasteiger partial charge in [-0.15, -0.1) is 0 Å². The molecule has 3 nitrogen and oxygen atoms in total. The molecule has 0 radical (unpaired) electrons. The van der Waals surface area contributed by atoms with Gasteiger partial charge in [-0.25, -0.2) is 4.98 Å². The van der Waals surface area contributed by atoms with Crippen molar-refractivity contribution in [1.82, 2.24) is 9.55 Å². The number of rotatable bonds is 3. The van der Waals surface area contributed by atoms with Gasteiger partial charge in [-0.2, -0.15) is 5.26 Å². The lowest BCUT2D eigenvalue weighted by atomic mass is 9.81. The van der Waals surface area contributed by atoms with E-state index in [2.05, 4.69) is 159 Å². The van der Waals surface area contributed by atoms with Crippen LogP contribution in [0.4, 0.5) is 0 Å². The van der Waals surface area contributed by atoms with E-state index in [0.29, 0.717) is 5.56 Å². The summed E-state index contributed by atoms with van der Waals surface area (Å²) in [6.07, 6.45) is 0. The van der Waals surface area contributed by atoms with Crippen LogP contribution in [0.3, 0.4) is 0 Å². The molecule has 9 aromatic rings. The number of aromatic nitrogens is 2. The van der Waals surface area contributed by atoms with Crippen molar-refractivity contribution in [2.45, 2.75) is 26.2 Å². The summed E-state index contributed by atoms with van der Waals surface area (Å²) >= 11 is 0. The molecule has 0 bridgehead atoms. The van der Waals surface area contributed by atoms with E-state index in [4.69, 9.17) is 4.98 Å². The molecule has 0 aliphatic rings. The zero-order chi connectivity index (χ0) is 33.3. The van der Waals surface area contributed by atoms with Crippen LogP contribution in [0, 0.1) is 11.3 Å². The predicted molar refractivity (Wildman–Crippen MR) is 205 cm³/mol. The lowest BCUT2D eigenvalue weighted by Crippen LogP contribution is -2.10. The van der Waals surface area contributed by atoms with Crippen LogP contribution in [0.25, 0.3) is 82.3 Å². The number of benzene rings is 7. The first-order valence-electron chi connectivity index (χ1n) is 16.8. The quantitative estimate of drug-likeness (QED) is 0.183. The van der Waals surface area contributed by atoms with Crippen LogP contribution in [0.15, 0.2) is 146 Å². The summed E-state index contributed by atoms with van der Waals surface area (Å²) in [7, 11) is 0. The SMILES string of the molecule is CC(C)(C)c1ccc2c(-c3ccc4ccccc4n3)c3ccccc3c(-c3ccc4c(c3)c3cc(C#N)ccc3n4-c3ccccc3)c2c1. The van der Waals surface area contributed by atoms with Crippen molar-refractivity contribution in [1.29, 1.82) is 5.26 Å². The third-order valence-electron chi connectivity index (χ3n) is 9.94. The summed E-state index contributed by atoms with van der Waals surface area (Å²) < 4.78 is 2.30. The number of nitrogens with zero attached hydrogens (tertiary/aromatic N) is 3. The summed E-state index contributed by atoms with van der Waals surface area (Å²) in [5, 5.41) is 18.0. The molecule has 0 aliphatic heterocycles. The van der Waals surface area contributed by atoms with E-state index in [1.807, 2.05) is 18.2 Å². The minimum atomic E-state index is -0.0285. The van der Waals surface area contributed by atoms with Gasteiger partial charge in [-0.1, -0.05) is 106 Å². The number of hydrogen-bond donors (Lipinski definition) is 0. The maximum Gasteiger partial charge on any atom is 0.0991 e. The van der Waals surface area contributed by atoms with E-state index < -0.39 is 0 Å². The third-order valence-corrected chi connectivity index (χ3v) is 9.94. The van der Waals surface area contributed by atoms with E-state index in [0.717, 1.165) is 55.2 Å². The van der Waals surface area contributed by atoms with Crippen molar-refractivity contribution in [2.24, 2.45) is 0 Å². The standard InChI is InChI=1S/C46H33N3/c1-46(2,3)32-20-21-36-39(27-32)44(34-14-8-9-15-35(34)45(36)41-22-18-30-11-7-10-16-40(30)48-41)31-19-24-43-38(26-31)37-25-29(28-47)17-23-42(37)49(43)33-12-5-4-6-13-33/h4-27H,1-3H3. The summed E-state index contributed by atoms with van der Waals surface area (Å²) in [5.74, 6) is 0. The first-order chi connectivity index (χ1) is 23.9. The number of pyridine rings is 1. The molecule has 0 spiro atoms. The number of nitriles is 1. The van der Waals surface area contributed by atoms with Crippen molar-refractivity contribution in [3.63, 3.8) is 0 Å². The van der Waals surface area contributed by atoms with Crippen molar-refractivity contribution in [3.05, 3.63) is 157 Å². The van der Waals surface area contributed by atoms with Crippen molar-refractivity contribution in [2.75, 3.05) is 0 Å². The maximum absolute atomic E-state index is 9.87. The molecule has 0 saturated heterocycles.